The number of rotatable bonds is 7. The van der Waals surface area contributed by atoms with Gasteiger partial charge in [-0.3, -0.25) is 4.57 Å². The number of aromatic carboxylic acids is 1. The molecule has 0 spiro atoms. The van der Waals surface area contributed by atoms with E-state index in [-0.39, 0.29) is 33.5 Å². The van der Waals surface area contributed by atoms with E-state index in [0.29, 0.717) is 6.42 Å². The molecule has 0 heterocycles. The average Bonchev–Trinajstić information content (AvgIpc) is 2.52. The van der Waals surface area contributed by atoms with Gasteiger partial charge in [-0.05, 0) is 35.4 Å². The molecular formula is C17H15Cl2O7P. The Morgan fingerprint density at radius 2 is 1.78 bits per heavy atom. The molecule has 0 fully saturated rings. The predicted molar refractivity (Wildman–Crippen MR) is 101 cm³/mol. The number of phenols is 1. The van der Waals surface area contributed by atoms with Gasteiger partial charge in [-0.2, -0.15) is 0 Å². The fourth-order valence-electron chi connectivity index (χ4n) is 2.26. The molecule has 0 radical (unpaired) electrons. The predicted octanol–water partition coefficient (Wildman–Crippen LogP) is 4.13. The van der Waals surface area contributed by atoms with Crippen molar-refractivity contribution in [3.63, 3.8) is 0 Å². The fourth-order valence-corrected chi connectivity index (χ4v) is 3.58. The van der Waals surface area contributed by atoms with Crippen molar-refractivity contribution in [2.24, 2.45) is 0 Å². The number of aromatic hydroxyl groups is 1. The molecule has 0 aliphatic carbocycles. The summed E-state index contributed by atoms with van der Waals surface area (Å²) in [6, 6.07) is 8.68. The molecule has 0 atom stereocenters. The Hall–Kier alpha value is -2.02. The topological polar surface area (TPSA) is 124 Å². The molecule has 10 heteroatoms. The van der Waals surface area contributed by atoms with E-state index in [1.807, 2.05) is 0 Å². The Morgan fingerprint density at radius 3 is 2.30 bits per heavy atom. The standard InChI is InChI=1S/C17H15Cl2O7P/c18-13-7-11(8-14(19)16(13)17(21)22)15(27(23,24)25)9-26-5-4-10-2-1-3-12(20)6-10/h1-3,6-9,20H,4-5H2,(H,21,22)(H2,23,24,25). The lowest BCUT2D eigenvalue weighted by Crippen LogP contribution is -2.01. The minimum absolute atomic E-state index is 0.0549. The normalized spacial score (nSPS) is 12.1. The van der Waals surface area contributed by atoms with Gasteiger partial charge in [0.05, 0.1) is 28.5 Å². The van der Waals surface area contributed by atoms with E-state index in [0.717, 1.165) is 24.0 Å². The fraction of sp³-hybridized carbons (Fsp3) is 0.118. The van der Waals surface area contributed by atoms with Gasteiger partial charge in [-0.1, -0.05) is 35.3 Å². The maximum Gasteiger partial charge on any atom is 0.359 e. The van der Waals surface area contributed by atoms with Gasteiger partial charge < -0.3 is 24.7 Å². The van der Waals surface area contributed by atoms with Gasteiger partial charge in [-0.25, -0.2) is 4.79 Å². The maximum absolute atomic E-state index is 11.8. The SMILES string of the molecule is O=C(O)c1c(Cl)cc(C(=COCCc2cccc(O)c2)P(=O)(O)O)cc1Cl. The summed E-state index contributed by atoms with van der Waals surface area (Å²) in [5.74, 6) is -1.26. The number of carbonyl (C=O) groups is 1. The van der Waals surface area contributed by atoms with Crippen molar-refractivity contribution in [3.8, 4) is 5.75 Å². The van der Waals surface area contributed by atoms with Crippen LogP contribution in [0.5, 0.6) is 5.75 Å². The van der Waals surface area contributed by atoms with Crippen molar-refractivity contribution in [2.75, 3.05) is 6.61 Å². The first kappa shape index (κ1) is 21.3. The molecule has 0 aliphatic heterocycles. The van der Waals surface area contributed by atoms with Crippen LogP contribution in [0.3, 0.4) is 0 Å². The van der Waals surface area contributed by atoms with Crippen LogP contribution in [0.1, 0.15) is 21.5 Å². The molecule has 144 valence electrons. The highest BCUT2D eigenvalue weighted by Crippen LogP contribution is 2.52. The molecule has 0 bridgehead atoms. The number of benzene rings is 2. The van der Waals surface area contributed by atoms with Gasteiger partial charge in [0.2, 0.25) is 0 Å². The summed E-state index contributed by atoms with van der Waals surface area (Å²) in [7, 11) is -4.76. The van der Waals surface area contributed by atoms with Crippen LogP contribution >= 0.6 is 30.8 Å². The summed E-state index contributed by atoms with van der Waals surface area (Å²) >= 11 is 11.7. The zero-order valence-corrected chi connectivity index (χ0v) is 16.1. The van der Waals surface area contributed by atoms with E-state index < -0.39 is 18.9 Å². The number of hydrogen-bond acceptors (Lipinski definition) is 4. The average molecular weight is 433 g/mol. The summed E-state index contributed by atoms with van der Waals surface area (Å²) in [6.07, 6.45) is 1.28. The minimum Gasteiger partial charge on any atom is -0.508 e. The Balaban J connectivity index is 2.24. The highest BCUT2D eigenvalue weighted by molar-refractivity contribution is 7.63. The third-order valence-corrected chi connectivity index (χ3v) is 5.07. The first-order chi connectivity index (χ1) is 12.6. The Morgan fingerprint density at radius 1 is 1.15 bits per heavy atom. The molecule has 2 aromatic carbocycles. The molecule has 0 aromatic heterocycles. The van der Waals surface area contributed by atoms with Gasteiger partial charge in [-0.15, -0.1) is 0 Å². The first-order valence-electron chi connectivity index (χ1n) is 7.48. The number of carboxylic acids is 1. The molecule has 2 rings (SSSR count). The molecule has 0 aliphatic rings. The molecule has 7 nitrogen and oxygen atoms in total. The monoisotopic (exact) mass is 432 g/mol. The Kier molecular flexibility index (Phi) is 6.92. The van der Waals surface area contributed by atoms with Crippen molar-refractivity contribution in [3.05, 3.63) is 69.4 Å². The van der Waals surface area contributed by atoms with Gasteiger partial charge >= 0.3 is 13.6 Å². The highest BCUT2D eigenvalue weighted by atomic mass is 35.5. The third kappa shape index (κ3) is 5.73. The lowest BCUT2D eigenvalue weighted by atomic mass is 10.1. The zero-order chi connectivity index (χ0) is 20.2. The number of carboxylic acid groups (broad SMARTS) is 1. The van der Waals surface area contributed by atoms with Crippen LogP contribution in [0.25, 0.3) is 5.31 Å². The van der Waals surface area contributed by atoms with Crippen molar-refractivity contribution in [1.29, 1.82) is 0 Å². The van der Waals surface area contributed by atoms with Crippen LogP contribution < -0.4 is 0 Å². The van der Waals surface area contributed by atoms with Crippen LogP contribution in [0.15, 0.2) is 42.7 Å². The summed E-state index contributed by atoms with van der Waals surface area (Å²) in [4.78, 5) is 30.3. The van der Waals surface area contributed by atoms with Crippen LogP contribution in [0, 0.1) is 0 Å². The summed E-state index contributed by atoms with van der Waals surface area (Å²) in [5, 5.41) is 17.5. The van der Waals surface area contributed by atoms with Crippen LogP contribution in [0.2, 0.25) is 10.0 Å². The minimum atomic E-state index is -4.76. The largest absolute Gasteiger partial charge is 0.508 e. The van der Waals surface area contributed by atoms with Crippen molar-refractivity contribution >= 4 is 42.1 Å². The van der Waals surface area contributed by atoms with Gasteiger partial charge in [0.1, 0.15) is 11.1 Å². The van der Waals surface area contributed by atoms with E-state index in [2.05, 4.69) is 0 Å². The van der Waals surface area contributed by atoms with E-state index in [1.165, 1.54) is 6.07 Å². The second kappa shape index (κ2) is 8.78. The van der Waals surface area contributed by atoms with Crippen LogP contribution in [-0.2, 0) is 15.7 Å². The molecule has 27 heavy (non-hydrogen) atoms. The van der Waals surface area contributed by atoms with Crippen molar-refractivity contribution < 1.29 is 34.1 Å². The first-order valence-corrected chi connectivity index (χ1v) is 9.85. The highest BCUT2D eigenvalue weighted by Gasteiger charge is 2.26. The number of hydrogen-bond donors (Lipinski definition) is 4. The Bertz CT molecular complexity index is 914. The van der Waals surface area contributed by atoms with Crippen LogP contribution in [-0.4, -0.2) is 32.6 Å². The number of ether oxygens (including phenoxy) is 1. The molecule has 0 saturated heterocycles. The van der Waals surface area contributed by atoms with Gasteiger partial charge in [0, 0.05) is 6.42 Å². The number of halogens is 2. The van der Waals surface area contributed by atoms with E-state index >= 15 is 0 Å². The van der Waals surface area contributed by atoms with E-state index in [1.54, 1.807) is 18.2 Å². The quantitative estimate of drug-likeness (QED) is 0.294. The molecule has 2 aromatic rings. The van der Waals surface area contributed by atoms with E-state index in [4.69, 9.17) is 33.0 Å². The Labute approximate surface area is 164 Å². The second-order valence-corrected chi connectivity index (χ2v) is 7.84. The maximum atomic E-state index is 11.8. The van der Waals surface area contributed by atoms with Crippen LogP contribution in [0.4, 0.5) is 0 Å². The second-order valence-electron chi connectivity index (χ2n) is 5.46. The summed E-state index contributed by atoms with van der Waals surface area (Å²) in [5.41, 5.74) is 0.357. The molecule has 0 saturated carbocycles. The van der Waals surface area contributed by atoms with Crippen molar-refractivity contribution in [1.82, 2.24) is 0 Å². The molecule has 0 unspecified atom stereocenters. The number of phenolic OH excluding ortho intramolecular Hbond substituents is 1. The molecule has 0 amide bonds. The van der Waals surface area contributed by atoms with Gasteiger partial charge in [0.15, 0.2) is 0 Å². The lowest BCUT2D eigenvalue weighted by Gasteiger charge is -2.12. The van der Waals surface area contributed by atoms with Gasteiger partial charge in [0.25, 0.3) is 0 Å². The smallest absolute Gasteiger partial charge is 0.359 e. The molecular weight excluding hydrogens is 418 g/mol. The summed E-state index contributed by atoms with van der Waals surface area (Å²) in [6.45, 7) is 0.0849. The third-order valence-electron chi connectivity index (χ3n) is 3.48. The summed E-state index contributed by atoms with van der Waals surface area (Å²) < 4.78 is 17.0. The molecule has 4 N–H and O–H groups in total. The zero-order valence-electron chi connectivity index (χ0n) is 13.7. The lowest BCUT2D eigenvalue weighted by molar-refractivity contribution is 0.0697. The van der Waals surface area contributed by atoms with Crippen molar-refractivity contribution in [2.45, 2.75) is 6.42 Å². The van der Waals surface area contributed by atoms with E-state index in [9.17, 15) is 24.3 Å².